The summed E-state index contributed by atoms with van der Waals surface area (Å²) in [6, 6.07) is 0. The van der Waals surface area contributed by atoms with Crippen molar-refractivity contribution in [3.63, 3.8) is 0 Å². The molecule has 0 radical (unpaired) electrons. The van der Waals surface area contributed by atoms with E-state index in [9.17, 15) is 14.4 Å². The summed E-state index contributed by atoms with van der Waals surface area (Å²) in [5.74, 6) is 2.24. The normalized spacial score (nSPS) is 12.1. The molecule has 0 aromatic heterocycles. The minimum Gasteiger partial charge on any atom is -0.466 e. The topological polar surface area (TPSA) is 82.1 Å². The van der Waals surface area contributed by atoms with Gasteiger partial charge in [-0.25, -0.2) is 0 Å². The van der Waals surface area contributed by atoms with Crippen LogP contribution in [-0.4, -0.2) is 62.8 Å². The summed E-state index contributed by atoms with van der Waals surface area (Å²) in [6.07, 6.45) is 26.9. The van der Waals surface area contributed by atoms with Crippen LogP contribution in [0, 0.1) is 17.8 Å². The molecule has 0 aliphatic carbocycles. The molecular weight excluding hydrogens is 675 g/mol. The number of carbonyl (C=O) groups excluding carboxylic acids is 3. The highest BCUT2D eigenvalue weighted by Gasteiger charge is 2.15. The molecule has 0 N–H and O–H groups in total. The summed E-state index contributed by atoms with van der Waals surface area (Å²) in [6.45, 7) is 23.3. The van der Waals surface area contributed by atoms with Gasteiger partial charge in [0.1, 0.15) is 6.10 Å². The van der Waals surface area contributed by atoms with Crippen LogP contribution in [0.4, 0.5) is 0 Å². The summed E-state index contributed by atoms with van der Waals surface area (Å²) >= 11 is 0. The van der Waals surface area contributed by atoms with E-state index >= 15 is 0 Å². The van der Waals surface area contributed by atoms with Crippen LogP contribution in [0.2, 0.25) is 0 Å². The van der Waals surface area contributed by atoms with E-state index in [1.54, 1.807) is 0 Å². The second-order valence-corrected chi connectivity index (χ2v) is 15.9. The van der Waals surface area contributed by atoms with Crippen molar-refractivity contribution in [1.29, 1.82) is 0 Å². The monoisotopic (exact) mass is 768 g/mol. The van der Waals surface area contributed by atoms with Crippen molar-refractivity contribution < 1.29 is 28.6 Å². The van der Waals surface area contributed by atoms with Gasteiger partial charge >= 0.3 is 17.9 Å². The average Bonchev–Trinajstić information content (AvgIpc) is 3.14. The molecule has 0 aliphatic heterocycles. The highest BCUT2D eigenvalue weighted by Crippen LogP contribution is 2.22. The van der Waals surface area contributed by atoms with Crippen LogP contribution in [0.15, 0.2) is 13.2 Å². The lowest BCUT2D eigenvalue weighted by Crippen LogP contribution is -2.20. The number of ether oxygens (including phenoxy) is 3. The van der Waals surface area contributed by atoms with Crippen molar-refractivity contribution in [3.8, 4) is 0 Å². The molecule has 0 rings (SSSR count). The number of nitrogens with zero attached hydrogens (tertiary/aromatic N) is 1. The Labute approximate surface area is 336 Å². The number of hydrogen-bond acceptors (Lipinski definition) is 7. The molecule has 2 atom stereocenters. The Bertz CT molecular complexity index is 806. The molecule has 0 aromatic carbocycles. The van der Waals surface area contributed by atoms with Gasteiger partial charge in [0.05, 0.1) is 13.2 Å². The fourth-order valence-corrected chi connectivity index (χ4v) is 6.31. The van der Waals surface area contributed by atoms with Crippen molar-refractivity contribution in [1.82, 2.24) is 4.90 Å². The lowest BCUT2D eigenvalue weighted by molar-refractivity contribution is -0.150. The van der Waals surface area contributed by atoms with Gasteiger partial charge in [-0.05, 0) is 96.7 Å². The molecule has 0 aromatic rings. The SMILES string of the molecule is C=C.CCC(C)C(C)C.CCCCCC(CCCCC)CCOC(=O)CCCCCCCC(CCCCCCCC(=O)OCC)OC(=O)CCCN(C)C. The van der Waals surface area contributed by atoms with Gasteiger partial charge in [-0.2, -0.15) is 0 Å². The number of carbonyl (C=O) groups is 3. The van der Waals surface area contributed by atoms with Crippen molar-refractivity contribution in [2.75, 3.05) is 33.9 Å². The standard InChI is InChI=1S/C38H73NO6.C7H16.C2H4/c1-6-9-17-24-34(25-18-10-7-2)31-33-44-37(41)29-22-16-12-14-20-27-35(45-38(42)30-23-32-39(4)5)26-19-13-11-15-21-28-36(40)43-8-3;1-5-7(4)6(2)3;1-2/h34-35H,6-33H2,1-5H3;6-7H,5H2,1-4H3;1-2H2. The Morgan fingerprint density at radius 3 is 1.41 bits per heavy atom. The van der Waals surface area contributed by atoms with Gasteiger partial charge in [-0.1, -0.05) is 138 Å². The number of esters is 3. The Hall–Kier alpha value is -1.89. The fourth-order valence-electron chi connectivity index (χ4n) is 6.31. The third-order valence-electron chi connectivity index (χ3n) is 10.4. The number of hydrogen-bond donors (Lipinski definition) is 0. The van der Waals surface area contributed by atoms with Gasteiger partial charge < -0.3 is 19.1 Å². The van der Waals surface area contributed by atoms with Gasteiger partial charge in [0.25, 0.3) is 0 Å². The predicted molar refractivity (Wildman–Crippen MR) is 232 cm³/mol. The minimum absolute atomic E-state index is 0.0147. The highest BCUT2D eigenvalue weighted by atomic mass is 16.5. The Morgan fingerprint density at radius 1 is 0.537 bits per heavy atom. The Kier molecular flexibility index (Phi) is 45.8. The Balaban J connectivity index is -0.00000257. The first-order valence-electron chi connectivity index (χ1n) is 22.7. The first-order valence-corrected chi connectivity index (χ1v) is 22.7. The molecule has 0 saturated carbocycles. The van der Waals surface area contributed by atoms with Crippen LogP contribution in [0.1, 0.15) is 215 Å². The first kappa shape index (κ1) is 56.4. The van der Waals surface area contributed by atoms with E-state index in [1.165, 1.54) is 57.8 Å². The molecule has 0 spiro atoms. The quantitative estimate of drug-likeness (QED) is 0.0275. The average molecular weight is 768 g/mol. The van der Waals surface area contributed by atoms with Crippen LogP contribution in [0.25, 0.3) is 0 Å². The molecule has 7 nitrogen and oxygen atoms in total. The second kappa shape index (κ2) is 43.8. The van der Waals surface area contributed by atoms with Crippen LogP contribution >= 0.6 is 0 Å². The fraction of sp³-hybridized carbons (Fsp3) is 0.894. The van der Waals surface area contributed by atoms with Gasteiger partial charge in [-0.3, -0.25) is 14.4 Å². The van der Waals surface area contributed by atoms with E-state index in [2.05, 4.69) is 59.6 Å². The van der Waals surface area contributed by atoms with E-state index < -0.39 is 0 Å². The molecule has 7 heteroatoms. The van der Waals surface area contributed by atoms with Crippen LogP contribution in [-0.2, 0) is 28.6 Å². The summed E-state index contributed by atoms with van der Waals surface area (Å²) in [5.41, 5.74) is 0. The zero-order valence-electron chi connectivity index (χ0n) is 37.6. The van der Waals surface area contributed by atoms with Gasteiger partial charge in [0.15, 0.2) is 0 Å². The van der Waals surface area contributed by atoms with Crippen LogP contribution in [0.3, 0.4) is 0 Å². The van der Waals surface area contributed by atoms with Gasteiger partial charge in [0, 0.05) is 19.3 Å². The first-order chi connectivity index (χ1) is 26.0. The van der Waals surface area contributed by atoms with Gasteiger partial charge in [-0.15, -0.1) is 13.2 Å². The van der Waals surface area contributed by atoms with Crippen molar-refractivity contribution in [3.05, 3.63) is 13.2 Å². The molecule has 0 saturated heterocycles. The third kappa shape index (κ3) is 42.8. The number of unbranched alkanes of at least 4 members (excludes halogenated alkanes) is 12. The van der Waals surface area contributed by atoms with Gasteiger partial charge in [0.2, 0.25) is 0 Å². The van der Waals surface area contributed by atoms with E-state index in [0.29, 0.717) is 38.4 Å². The zero-order valence-corrected chi connectivity index (χ0v) is 37.6. The molecule has 0 amide bonds. The third-order valence-corrected chi connectivity index (χ3v) is 10.4. The molecule has 2 unspecified atom stereocenters. The van der Waals surface area contributed by atoms with E-state index in [4.69, 9.17) is 14.2 Å². The van der Waals surface area contributed by atoms with Crippen molar-refractivity contribution in [2.24, 2.45) is 17.8 Å². The Morgan fingerprint density at radius 2 is 0.981 bits per heavy atom. The molecule has 0 bridgehead atoms. The zero-order chi connectivity index (χ0) is 41.2. The molecule has 0 fully saturated rings. The molecule has 0 aliphatic rings. The lowest BCUT2D eigenvalue weighted by atomic mass is 9.92. The summed E-state index contributed by atoms with van der Waals surface area (Å²) < 4.78 is 16.5. The maximum Gasteiger partial charge on any atom is 0.306 e. The molecule has 0 heterocycles. The second-order valence-electron chi connectivity index (χ2n) is 15.9. The molecular formula is C47H93NO6. The maximum absolute atomic E-state index is 12.5. The predicted octanol–water partition coefficient (Wildman–Crippen LogP) is 13.5. The smallest absolute Gasteiger partial charge is 0.306 e. The summed E-state index contributed by atoms with van der Waals surface area (Å²) in [4.78, 5) is 38.3. The largest absolute Gasteiger partial charge is 0.466 e. The number of rotatable bonds is 35. The molecule has 322 valence electrons. The van der Waals surface area contributed by atoms with E-state index in [1.807, 2.05) is 21.0 Å². The van der Waals surface area contributed by atoms with Crippen molar-refractivity contribution in [2.45, 2.75) is 222 Å². The highest BCUT2D eigenvalue weighted by molar-refractivity contribution is 5.70. The van der Waals surface area contributed by atoms with E-state index in [-0.39, 0.29) is 24.0 Å². The summed E-state index contributed by atoms with van der Waals surface area (Å²) in [5, 5.41) is 0. The minimum atomic E-state index is -0.103. The van der Waals surface area contributed by atoms with Crippen LogP contribution in [0.5, 0.6) is 0 Å². The summed E-state index contributed by atoms with van der Waals surface area (Å²) in [7, 11) is 4.04. The lowest BCUT2D eigenvalue weighted by Gasteiger charge is -2.18. The maximum atomic E-state index is 12.5. The van der Waals surface area contributed by atoms with E-state index in [0.717, 1.165) is 108 Å². The molecule has 54 heavy (non-hydrogen) atoms. The van der Waals surface area contributed by atoms with Crippen molar-refractivity contribution >= 4 is 17.9 Å². The van der Waals surface area contributed by atoms with Crippen LogP contribution < -0.4 is 0 Å².